The fourth-order valence-electron chi connectivity index (χ4n) is 13.7. The number of anilines is 1. The minimum Gasteiger partial charge on any atom is -0.457 e. The standard InChI is InChI=1S/C60H79N4O8S2/c1-58(2)50-38-44(73(66,67)68)21-26-52(50)61(33-13-35-63(6,7)8)54(58)28-18-40-15-12-16-41(19-29-55-59(3,4)51-39-45(74(69,70)71)22-27-53(51)62(55)34-14-36-64(9,10)11)57(40)72-43-20-24-46-42(37-43)17-23-48-47(46)31-32-60(5)49(48)25-30-56(60)65/h18-22,24,26-29,37-39,47-49H,12-17,23,25,30-36H2,1-11H3/q+1/p+2. The molecule has 2 N–H and O–H groups in total. The van der Waals surface area contributed by atoms with E-state index in [-0.39, 0.29) is 15.2 Å². The van der Waals surface area contributed by atoms with Gasteiger partial charge in [0.2, 0.25) is 5.69 Å². The number of nitrogens with zero attached hydrogens (tertiary/aromatic N) is 4. The Balaban J connectivity index is 1.14. The number of carbonyl (C=O) groups excluding carboxylic acids is 1. The van der Waals surface area contributed by atoms with Gasteiger partial charge in [-0.15, -0.1) is 0 Å². The second-order valence-corrected chi connectivity index (χ2v) is 28.4. The number of fused-ring (bicyclic) bond motifs is 7. The molecular formula is C60H81N4O8S2+3. The summed E-state index contributed by atoms with van der Waals surface area (Å²) in [5, 5.41) is 0. The molecule has 0 spiro atoms. The van der Waals surface area contributed by atoms with E-state index in [1.165, 1.54) is 23.3 Å². The van der Waals surface area contributed by atoms with E-state index in [0.717, 1.165) is 156 Å². The highest BCUT2D eigenvalue weighted by atomic mass is 32.2. The minimum absolute atomic E-state index is 0.119. The van der Waals surface area contributed by atoms with Crippen molar-refractivity contribution in [3.05, 3.63) is 124 Å². The number of rotatable bonds is 15. The van der Waals surface area contributed by atoms with Gasteiger partial charge in [-0.05, 0) is 165 Å². The van der Waals surface area contributed by atoms with Crippen LogP contribution in [0.2, 0.25) is 0 Å². The van der Waals surface area contributed by atoms with Crippen molar-refractivity contribution in [1.29, 1.82) is 0 Å². The van der Waals surface area contributed by atoms with E-state index in [2.05, 4.69) is 129 Å². The molecule has 2 heterocycles. The van der Waals surface area contributed by atoms with Crippen molar-refractivity contribution in [3.63, 3.8) is 0 Å². The molecule has 4 atom stereocenters. The molecule has 0 aromatic heterocycles. The maximum Gasteiger partial charge on any atom is 0.294 e. The average molecular weight is 1050 g/mol. The lowest BCUT2D eigenvalue weighted by atomic mass is 9.55. The third kappa shape index (κ3) is 10.4. The Labute approximate surface area is 441 Å². The number of aryl methyl sites for hydroxylation is 1. The lowest BCUT2D eigenvalue weighted by molar-refractivity contribution is -0.871. The monoisotopic (exact) mass is 1050 g/mol. The highest BCUT2D eigenvalue weighted by Gasteiger charge is 2.54. The van der Waals surface area contributed by atoms with Crippen LogP contribution in [0.3, 0.4) is 0 Å². The number of hydrogen-bond donors (Lipinski definition) is 2. The summed E-state index contributed by atoms with van der Waals surface area (Å²) in [6.07, 6.45) is 18.7. The molecule has 3 aromatic carbocycles. The third-order valence-electron chi connectivity index (χ3n) is 17.7. The van der Waals surface area contributed by atoms with Crippen LogP contribution in [0.25, 0.3) is 0 Å². The number of ketones is 1. The summed E-state index contributed by atoms with van der Waals surface area (Å²) in [7, 11) is 4.24. The van der Waals surface area contributed by atoms with Crippen molar-refractivity contribution < 1.29 is 49.0 Å². The van der Waals surface area contributed by atoms with Gasteiger partial charge in [-0.2, -0.15) is 21.4 Å². The zero-order valence-electron chi connectivity index (χ0n) is 45.8. The molecule has 398 valence electrons. The van der Waals surface area contributed by atoms with Gasteiger partial charge in [0.25, 0.3) is 20.2 Å². The normalized spacial score (nSPS) is 25.7. The maximum atomic E-state index is 13.1. The number of ether oxygens (including phenoxy) is 1. The molecule has 2 saturated carbocycles. The molecule has 14 heteroatoms. The Morgan fingerprint density at radius 2 is 1.42 bits per heavy atom. The number of hydrogen-bond acceptors (Lipinski definition) is 7. The molecule has 0 radical (unpaired) electrons. The van der Waals surface area contributed by atoms with Crippen LogP contribution in [0.1, 0.15) is 127 Å². The number of carbonyl (C=O) groups is 1. The van der Waals surface area contributed by atoms with Crippen molar-refractivity contribution in [2.45, 2.75) is 132 Å². The first kappa shape index (κ1) is 54.1. The molecule has 4 aliphatic carbocycles. The lowest BCUT2D eigenvalue weighted by Crippen LogP contribution is -2.42. The Bertz CT molecular complexity index is 3170. The van der Waals surface area contributed by atoms with Crippen LogP contribution in [-0.2, 0) is 42.3 Å². The minimum atomic E-state index is -4.43. The number of benzene rings is 3. The molecule has 4 unspecified atom stereocenters. The average Bonchev–Trinajstić information content (AvgIpc) is 3.81. The summed E-state index contributed by atoms with van der Waals surface area (Å²) in [5.41, 5.74) is 9.04. The van der Waals surface area contributed by atoms with Gasteiger partial charge in [0.05, 0.1) is 77.0 Å². The molecule has 2 fully saturated rings. The lowest BCUT2D eigenvalue weighted by Gasteiger charge is -2.48. The SMILES string of the molecule is CC1(C)C(/C=C/C2=C(Oc3ccc4c(c3)CCC3C4CCC4(C)C(=O)CCC34)C(=C/C=C3/N(CCC[N+](C)(C)C)c4ccc(S(=O)(=O)O)cc4C3(C)C)/CCC2)=[N+](CCC[N+](C)(C)C)c2ccc(S(=O)(=O)O)cc21. The molecule has 0 bridgehead atoms. The van der Waals surface area contributed by atoms with Gasteiger partial charge in [-0.3, -0.25) is 13.9 Å². The second-order valence-electron chi connectivity index (χ2n) is 25.6. The smallest absolute Gasteiger partial charge is 0.294 e. The van der Waals surface area contributed by atoms with Gasteiger partial charge >= 0.3 is 0 Å². The van der Waals surface area contributed by atoms with E-state index >= 15 is 0 Å². The van der Waals surface area contributed by atoms with E-state index in [0.29, 0.717) is 30.0 Å². The number of allylic oxidation sites excluding steroid dienone is 7. The van der Waals surface area contributed by atoms with Gasteiger partial charge in [-0.25, -0.2) is 0 Å². The van der Waals surface area contributed by atoms with Crippen molar-refractivity contribution in [1.82, 2.24) is 0 Å². The zero-order valence-corrected chi connectivity index (χ0v) is 47.4. The van der Waals surface area contributed by atoms with Crippen LogP contribution in [0.5, 0.6) is 5.75 Å². The van der Waals surface area contributed by atoms with Crippen molar-refractivity contribution in [3.8, 4) is 5.75 Å². The van der Waals surface area contributed by atoms with Crippen molar-refractivity contribution in [2.24, 2.45) is 17.3 Å². The summed E-state index contributed by atoms with van der Waals surface area (Å²) in [5.74, 6) is 3.46. The predicted octanol–water partition coefficient (Wildman–Crippen LogP) is 10.9. The van der Waals surface area contributed by atoms with E-state index in [1.54, 1.807) is 12.1 Å². The topological polar surface area (TPSA) is 141 Å². The summed E-state index contributed by atoms with van der Waals surface area (Å²) < 4.78 is 81.3. The first-order chi connectivity index (χ1) is 34.5. The summed E-state index contributed by atoms with van der Waals surface area (Å²) in [6, 6.07) is 16.6. The van der Waals surface area contributed by atoms with Crippen LogP contribution < -0.4 is 9.64 Å². The Hall–Kier alpha value is -4.70. The van der Waals surface area contributed by atoms with Crippen LogP contribution in [0.15, 0.2) is 111 Å². The first-order valence-electron chi connectivity index (χ1n) is 26.9. The summed E-state index contributed by atoms with van der Waals surface area (Å²) in [6.45, 7) is 14.0. The van der Waals surface area contributed by atoms with Crippen LogP contribution in [-0.4, -0.2) is 119 Å². The van der Waals surface area contributed by atoms with Gasteiger partial charge in [0, 0.05) is 59.3 Å². The van der Waals surface area contributed by atoms with Gasteiger partial charge in [0.1, 0.15) is 17.3 Å². The van der Waals surface area contributed by atoms with E-state index < -0.39 is 31.1 Å². The van der Waals surface area contributed by atoms with Crippen molar-refractivity contribution in [2.75, 3.05) is 73.4 Å². The Morgan fingerprint density at radius 1 is 0.743 bits per heavy atom. The molecule has 74 heavy (non-hydrogen) atoms. The fourth-order valence-corrected chi connectivity index (χ4v) is 14.8. The highest BCUT2D eigenvalue weighted by Crippen LogP contribution is 2.60. The first-order valence-corrected chi connectivity index (χ1v) is 29.8. The van der Waals surface area contributed by atoms with Gasteiger partial charge in [0.15, 0.2) is 12.3 Å². The highest BCUT2D eigenvalue weighted by molar-refractivity contribution is 7.86. The quantitative estimate of drug-likeness (QED) is 0.0864. The van der Waals surface area contributed by atoms with E-state index in [1.807, 2.05) is 12.1 Å². The Kier molecular flexibility index (Phi) is 14.2. The largest absolute Gasteiger partial charge is 0.457 e. The second kappa shape index (κ2) is 19.4. The molecule has 12 nitrogen and oxygen atoms in total. The fraction of sp³-hybridized carbons (Fsp3) is 0.533. The summed E-state index contributed by atoms with van der Waals surface area (Å²) >= 11 is 0. The molecule has 6 aliphatic rings. The van der Waals surface area contributed by atoms with Crippen molar-refractivity contribution >= 4 is 43.1 Å². The van der Waals surface area contributed by atoms with E-state index in [9.17, 15) is 30.7 Å². The van der Waals surface area contributed by atoms with Crippen LogP contribution in [0.4, 0.5) is 11.4 Å². The molecule has 0 amide bonds. The number of quaternary nitrogens is 2. The Morgan fingerprint density at radius 3 is 2.11 bits per heavy atom. The molecule has 0 saturated heterocycles. The van der Waals surface area contributed by atoms with Crippen LogP contribution in [0, 0.1) is 17.3 Å². The molecule has 3 aromatic rings. The summed E-state index contributed by atoms with van der Waals surface area (Å²) in [4.78, 5) is 15.2. The molecular weight excluding hydrogens is 969 g/mol. The predicted molar refractivity (Wildman–Crippen MR) is 294 cm³/mol. The number of Topliss-reactive ketones (excluding diaryl/α,β-unsaturated/α-hetero) is 1. The maximum absolute atomic E-state index is 13.1. The molecule has 9 rings (SSSR count). The van der Waals surface area contributed by atoms with Gasteiger partial charge < -0.3 is 18.6 Å². The van der Waals surface area contributed by atoms with E-state index in [4.69, 9.17) is 4.74 Å². The third-order valence-corrected chi connectivity index (χ3v) is 19.4. The van der Waals surface area contributed by atoms with Gasteiger partial charge in [-0.1, -0.05) is 32.9 Å². The zero-order chi connectivity index (χ0) is 53.6. The molecule has 2 aliphatic heterocycles. The van der Waals surface area contributed by atoms with Crippen LogP contribution >= 0.6 is 0 Å².